The molecular formula is C12H13ClO. The monoisotopic (exact) mass is 208 g/mol. The predicted octanol–water partition coefficient (Wildman–Crippen LogP) is 3.53. The highest BCUT2D eigenvalue weighted by Crippen LogP contribution is 2.27. The number of allylic oxidation sites excluding steroid dienone is 1. The second-order valence-electron chi connectivity index (χ2n) is 3.51. The molecule has 1 aromatic rings. The van der Waals surface area contributed by atoms with Gasteiger partial charge in [0, 0.05) is 16.5 Å². The summed E-state index contributed by atoms with van der Waals surface area (Å²) in [6, 6.07) is 5.72. The molecule has 14 heavy (non-hydrogen) atoms. The minimum atomic E-state index is 0.0891. The van der Waals surface area contributed by atoms with Gasteiger partial charge >= 0.3 is 0 Å². The third-order valence-electron chi connectivity index (χ3n) is 2.52. The topological polar surface area (TPSA) is 17.1 Å². The molecule has 2 heteroatoms. The zero-order valence-corrected chi connectivity index (χ0v) is 9.35. The molecule has 1 unspecified atom stereocenters. The van der Waals surface area contributed by atoms with E-state index in [0.717, 1.165) is 11.1 Å². The number of carbonyl (C=O) groups excluding carboxylic acids is 1. The number of benzene rings is 1. The first-order chi connectivity index (χ1) is 6.56. The predicted molar refractivity (Wildman–Crippen MR) is 59.5 cm³/mol. The molecule has 0 fully saturated rings. The van der Waals surface area contributed by atoms with Crippen LogP contribution in [0.5, 0.6) is 0 Å². The lowest BCUT2D eigenvalue weighted by Crippen LogP contribution is -1.98. The van der Waals surface area contributed by atoms with Crippen LogP contribution in [0.15, 0.2) is 23.8 Å². The third-order valence-corrected chi connectivity index (χ3v) is 2.75. The van der Waals surface area contributed by atoms with E-state index in [1.807, 2.05) is 38.0 Å². The van der Waals surface area contributed by atoms with Crippen molar-refractivity contribution in [2.75, 3.05) is 0 Å². The van der Waals surface area contributed by atoms with Crippen LogP contribution in [-0.2, 0) is 4.79 Å². The van der Waals surface area contributed by atoms with Crippen molar-refractivity contribution >= 4 is 17.5 Å². The van der Waals surface area contributed by atoms with Gasteiger partial charge in [-0.25, -0.2) is 4.79 Å². The van der Waals surface area contributed by atoms with E-state index >= 15 is 0 Å². The third kappa shape index (κ3) is 2.25. The van der Waals surface area contributed by atoms with Crippen LogP contribution in [0.25, 0.3) is 0 Å². The molecule has 0 radical (unpaired) electrons. The van der Waals surface area contributed by atoms with E-state index in [9.17, 15) is 4.79 Å². The Labute approximate surface area is 89.4 Å². The van der Waals surface area contributed by atoms with Gasteiger partial charge in [0.05, 0.1) is 0 Å². The standard InChI is InChI=1S/C12H13ClO/c1-8-4-5-11(13)6-12(8)10(3)9(2)7-14/h4-6,10H,1-3H3. The molecule has 0 saturated heterocycles. The van der Waals surface area contributed by atoms with Crippen molar-refractivity contribution in [1.82, 2.24) is 0 Å². The number of hydrogen-bond acceptors (Lipinski definition) is 1. The molecule has 0 N–H and O–H groups in total. The molecule has 0 bridgehead atoms. The molecule has 0 aliphatic rings. The number of rotatable bonds is 2. The molecule has 74 valence electrons. The van der Waals surface area contributed by atoms with E-state index in [2.05, 4.69) is 0 Å². The minimum Gasteiger partial charge on any atom is -0.234 e. The van der Waals surface area contributed by atoms with Gasteiger partial charge < -0.3 is 0 Å². The summed E-state index contributed by atoms with van der Waals surface area (Å²) in [5.41, 5.74) is 2.95. The van der Waals surface area contributed by atoms with Gasteiger partial charge in [0.25, 0.3) is 0 Å². The summed E-state index contributed by atoms with van der Waals surface area (Å²) in [6.07, 6.45) is 0. The van der Waals surface area contributed by atoms with Crippen LogP contribution in [0.3, 0.4) is 0 Å². The van der Waals surface area contributed by atoms with E-state index in [1.54, 1.807) is 6.92 Å². The Morgan fingerprint density at radius 2 is 2.14 bits per heavy atom. The Kier molecular flexibility index (Phi) is 3.51. The first-order valence-corrected chi connectivity index (χ1v) is 4.91. The first-order valence-electron chi connectivity index (χ1n) is 4.54. The van der Waals surface area contributed by atoms with Gasteiger partial charge in [0.15, 0.2) is 0 Å². The molecule has 0 aliphatic carbocycles. The highest BCUT2D eigenvalue weighted by molar-refractivity contribution is 6.30. The normalized spacial score (nSPS) is 12.0. The van der Waals surface area contributed by atoms with Gasteiger partial charge in [-0.15, -0.1) is 0 Å². The van der Waals surface area contributed by atoms with Gasteiger partial charge in [0.1, 0.15) is 5.94 Å². The fourth-order valence-electron chi connectivity index (χ4n) is 1.40. The van der Waals surface area contributed by atoms with Crippen LogP contribution in [0.1, 0.15) is 30.9 Å². The lowest BCUT2D eigenvalue weighted by molar-refractivity contribution is 0.565. The van der Waals surface area contributed by atoms with Crippen molar-refractivity contribution in [2.45, 2.75) is 26.7 Å². The van der Waals surface area contributed by atoms with Crippen LogP contribution in [0.4, 0.5) is 0 Å². The van der Waals surface area contributed by atoms with Gasteiger partial charge in [-0.05, 0) is 37.1 Å². The Morgan fingerprint density at radius 3 is 2.71 bits per heavy atom. The molecule has 0 saturated carbocycles. The maximum absolute atomic E-state index is 10.5. The van der Waals surface area contributed by atoms with Crippen molar-refractivity contribution in [3.05, 3.63) is 39.9 Å². The SMILES string of the molecule is CC(=C=O)C(C)c1cc(Cl)ccc1C. The first kappa shape index (κ1) is 11.0. The summed E-state index contributed by atoms with van der Waals surface area (Å²) >= 11 is 5.90. The molecule has 0 spiro atoms. The molecular weight excluding hydrogens is 196 g/mol. The largest absolute Gasteiger partial charge is 0.234 e. The van der Waals surface area contributed by atoms with Crippen molar-refractivity contribution in [1.29, 1.82) is 0 Å². The van der Waals surface area contributed by atoms with Crippen molar-refractivity contribution < 1.29 is 4.79 Å². The van der Waals surface area contributed by atoms with Crippen molar-refractivity contribution in [3.63, 3.8) is 0 Å². The summed E-state index contributed by atoms with van der Waals surface area (Å²) in [5, 5.41) is 0.705. The van der Waals surface area contributed by atoms with Gasteiger partial charge in [-0.3, -0.25) is 0 Å². The lowest BCUT2D eigenvalue weighted by Gasteiger charge is -2.13. The molecule has 0 aromatic heterocycles. The van der Waals surface area contributed by atoms with E-state index < -0.39 is 0 Å². The van der Waals surface area contributed by atoms with Crippen molar-refractivity contribution in [2.24, 2.45) is 0 Å². The number of aryl methyl sites for hydroxylation is 1. The highest BCUT2D eigenvalue weighted by atomic mass is 35.5. The molecule has 0 heterocycles. The van der Waals surface area contributed by atoms with Crippen LogP contribution in [0, 0.1) is 6.92 Å². The van der Waals surface area contributed by atoms with Gasteiger partial charge in [-0.2, -0.15) is 0 Å². The van der Waals surface area contributed by atoms with E-state index in [4.69, 9.17) is 11.6 Å². The number of halogens is 1. The Morgan fingerprint density at radius 1 is 1.50 bits per heavy atom. The Hall–Kier alpha value is -1.04. The summed E-state index contributed by atoms with van der Waals surface area (Å²) < 4.78 is 0. The summed E-state index contributed by atoms with van der Waals surface area (Å²) in [4.78, 5) is 10.5. The summed E-state index contributed by atoms with van der Waals surface area (Å²) in [5.74, 6) is 2.02. The second kappa shape index (κ2) is 4.45. The average Bonchev–Trinajstić information content (AvgIpc) is 2.19. The van der Waals surface area contributed by atoms with E-state index in [-0.39, 0.29) is 5.92 Å². The van der Waals surface area contributed by atoms with E-state index in [1.165, 1.54) is 0 Å². The fraction of sp³-hybridized carbons (Fsp3) is 0.333. The van der Waals surface area contributed by atoms with Crippen LogP contribution in [-0.4, -0.2) is 5.94 Å². The molecule has 0 aliphatic heterocycles. The smallest absolute Gasteiger partial charge is 0.123 e. The number of hydrogen-bond donors (Lipinski definition) is 0. The molecule has 1 aromatic carbocycles. The maximum Gasteiger partial charge on any atom is 0.123 e. The van der Waals surface area contributed by atoms with Crippen LogP contribution >= 0.6 is 11.6 Å². The lowest BCUT2D eigenvalue weighted by atomic mass is 9.91. The fourth-order valence-corrected chi connectivity index (χ4v) is 1.58. The van der Waals surface area contributed by atoms with Gasteiger partial charge in [0.2, 0.25) is 0 Å². The molecule has 1 atom stereocenters. The Bertz CT molecular complexity index is 389. The average molecular weight is 209 g/mol. The second-order valence-corrected chi connectivity index (χ2v) is 3.94. The van der Waals surface area contributed by atoms with E-state index in [0.29, 0.717) is 10.6 Å². The van der Waals surface area contributed by atoms with Crippen molar-refractivity contribution in [3.8, 4) is 0 Å². The zero-order valence-electron chi connectivity index (χ0n) is 8.60. The van der Waals surface area contributed by atoms with Gasteiger partial charge in [-0.1, -0.05) is 24.6 Å². The van der Waals surface area contributed by atoms with Crippen LogP contribution in [0.2, 0.25) is 5.02 Å². The minimum absolute atomic E-state index is 0.0891. The maximum atomic E-state index is 10.5. The summed E-state index contributed by atoms with van der Waals surface area (Å²) in [6.45, 7) is 5.79. The van der Waals surface area contributed by atoms with Crippen LogP contribution < -0.4 is 0 Å². The molecule has 1 rings (SSSR count). The Balaban J connectivity index is 3.18. The molecule has 1 nitrogen and oxygen atoms in total. The quantitative estimate of drug-likeness (QED) is 0.680. The summed E-state index contributed by atoms with van der Waals surface area (Å²) in [7, 11) is 0. The zero-order chi connectivity index (χ0) is 10.7. The highest BCUT2D eigenvalue weighted by Gasteiger charge is 2.11. The molecule has 0 amide bonds.